The largest absolute Gasteiger partial charge is 0.379 e. The zero-order chi connectivity index (χ0) is 12.4. The van der Waals surface area contributed by atoms with Crippen LogP contribution in [-0.4, -0.2) is 38.3 Å². The lowest BCUT2D eigenvalue weighted by molar-refractivity contribution is -0.205. The Hall–Kier alpha value is -0.940. The number of rotatable bonds is 4. The van der Waals surface area contributed by atoms with Crippen molar-refractivity contribution in [2.24, 2.45) is 0 Å². The van der Waals surface area contributed by atoms with Crippen molar-refractivity contribution in [3.63, 3.8) is 0 Å². The van der Waals surface area contributed by atoms with Gasteiger partial charge in [0.2, 0.25) is 0 Å². The number of ether oxygens (including phenoxy) is 4. The summed E-state index contributed by atoms with van der Waals surface area (Å²) in [5.74, 6) is 0. The zero-order valence-corrected chi connectivity index (χ0v) is 10.5. The van der Waals surface area contributed by atoms with Gasteiger partial charge >= 0.3 is 0 Å². The lowest BCUT2D eigenvalue weighted by atomic mass is 10.0. The zero-order valence-electron chi connectivity index (χ0n) is 10.5. The second kappa shape index (κ2) is 5.36. The van der Waals surface area contributed by atoms with Crippen LogP contribution in [0.3, 0.4) is 0 Å². The van der Waals surface area contributed by atoms with Gasteiger partial charge in [0.15, 0.2) is 6.29 Å². The molecule has 4 nitrogen and oxygen atoms in total. The molecular weight excluding hydrogens is 232 g/mol. The van der Waals surface area contributed by atoms with E-state index in [1.165, 1.54) is 0 Å². The molecular formula is C14H18O4. The summed E-state index contributed by atoms with van der Waals surface area (Å²) < 4.78 is 22.6. The highest BCUT2D eigenvalue weighted by molar-refractivity contribution is 5.13. The van der Waals surface area contributed by atoms with Gasteiger partial charge in [-0.15, -0.1) is 0 Å². The van der Waals surface area contributed by atoms with E-state index in [9.17, 15) is 0 Å². The second-order valence-corrected chi connectivity index (χ2v) is 4.72. The fourth-order valence-corrected chi connectivity index (χ4v) is 2.49. The van der Waals surface area contributed by atoms with Gasteiger partial charge < -0.3 is 18.9 Å². The number of methoxy groups -OCH3 is 1. The summed E-state index contributed by atoms with van der Waals surface area (Å²) in [4.78, 5) is 0. The Balaban J connectivity index is 1.59. The quantitative estimate of drug-likeness (QED) is 0.815. The Morgan fingerprint density at radius 3 is 2.83 bits per heavy atom. The SMILES string of the molecule is CO[C@@H]1C[C@H](OCc2ccccc2)[C@H]2OC[C@@H]1O2. The van der Waals surface area contributed by atoms with Gasteiger partial charge in [-0.05, 0) is 5.56 Å². The first-order valence-corrected chi connectivity index (χ1v) is 6.32. The monoisotopic (exact) mass is 250 g/mol. The van der Waals surface area contributed by atoms with Gasteiger partial charge in [-0.3, -0.25) is 0 Å². The van der Waals surface area contributed by atoms with Crippen LogP contribution in [0.4, 0.5) is 0 Å². The summed E-state index contributed by atoms with van der Waals surface area (Å²) in [6, 6.07) is 10.1. The lowest BCUT2D eigenvalue weighted by Gasteiger charge is -2.32. The first-order chi connectivity index (χ1) is 8.86. The molecule has 4 heteroatoms. The van der Waals surface area contributed by atoms with Crippen LogP contribution in [0.15, 0.2) is 30.3 Å². The molecule has 1 aromatic rings. The van der Waals surface area contributed by atoms with E-state index in [2.05, 4.69) is 12.1 Å². The molecule has 0 aliphatic carbocycles. The Morgan fingerprint density at radius 1 is 1.22 bits per heavy atom. The van der Waals surface area contributed by atoms with Gasteiger partial charge in [-0.25, -0.2) is 0 Å². The van der Waals surface area contributed by atoms with Crippen molar-refractivity contribution in [1.82, 2.24) is 0 Å². The highest BCUT2D eigenvalue weighted by Gasteiger charge is 2.44. The molecule has 0 amide bonds. The molecule has 1 aromatic carbocycles. The van der Waals surface area contributed by atoms with Crippen LogP contribution in [0.2, 0.25) is 0 Å². The smallest absolute Gasteiger partial charge is 0.184 e. The Bertz CT molecular complexity index is 381. The summed E-state index contributed by atoms with van der Waals surface area (Å²) in [5.41, 5.74) is 1.16. The predicted molar refractivity (Wildman–Crippen MR) is 65.0 cm³/mol. The Kier molecular flexibility index (Phi) is 3.61. The molecule has 0 spiro atoms. The standard InChI is InChI=1S/C14H18O4/c1-15-11-7-12(14-17-9-13(11)18-14)16-8-10-5-3-2-4-6-10/h2-6,11-14H,7-9H2,1H3/t11-,12+,13+,14+/m1/s1. The molecule has 2 aliphatic heterocycles. The van der Waals surface area contributed by atoms with E-state index < -0.39 is 0 Å². The summed E-state index contributed by atoms with van der Waals surface area (Å²) >= 11 is 0. The maximum Gasteiger partial charge on any atom is 0.184 e. The van der Waals surface area contributed by atoms with Crippen LogP contribution in [0, 0.1) is 0 Å². The van der Waals surface area contributed by atoms with Gasteiger partial charge in [0.25, 0.3) is 0 Å². The molecule has 2 heterocycles. The first kappa shape index (κ1) is 12.1. The first-order valence-electron chi connectivity index (χ1n) is 6.32. The number of benzene rings is 1. The minimum Gasteiger partial charge on any atom is -0.379 e. The van der Waals surface area contributed by atoms with Crippen LogP contribution in [0.5, 0.6) is 0 Å². The normalized spacial score (nSPS) is 34.7. The van der Waals surface area contributed by atoms with Crippen molar-refractivity contribution in [2.45, 2.75) is 37.6 Å². The van der Waals surface area contributed by atoms with Crippen LogP contribution in [0.25, 0.3) is 0 Å². The second-order valence-electron chi connectivity index (χ2n) is 4.72. The summed E-state index contributed by atoms with van der Waals surface area (Å²) in [6.45, 7) is 1.18. The molecule has 0 N–H and O–H groups in total. The van der Waals surface area contributed by atoms with Crippen LogP contribution in [0.1, 0.15) is 12.0 Å². The van der Waals surface area contributed by atoms with E-state index in [4.69, 9.17) is 18.9 Å². The van der Waals surface area contributed by atoms with E-state index >= 15 is 0 Å². The fraction of sp³-hybridized carbons (Fsp3) is 0.571. The minimum absolute atomic E-state index is 0.0473. The van der Waals surface area contributed by atoms with E-state index in [1.54, 1.807) is 7.11 Å². The Labute approximate surface area is 107 Å². The molecule has 2 aliphatic rings. The van der Waals surface area contributed by atoms with Gasteiger partial charge in [0.05, 0.1) is 19.3 Å². The van der Waals surface area contributed by atoms with Gasteiger partial charge in [-0.2, -0.15) is 0 Å². The molecule has 4 atom stereocenters. The number of hydrogen-bond acceptors (Lipinski definition) is 4. The average molecular weight is 250 g/mol. The van der Waals surface area contributed by atoms with Gasteiger partial charge in [0.1, 0.15) is 12.2 Å². The van der Waals surface area contributed by atoms with Gasteiger partial charge in [0, 0.05) is 13.5 Å². The summed E-state index contributed by atoms with van der Waals surface area (Å²) in [7, 11) is 1.71. The van der Waals surface area contributed by atoms with E-state index in [1.807, 2.05) is 18.2 Å². The highest BCUT2D eigenvalue weighted by atomic mass is 16.7. The molecule has 2 saturated heterocycles. The average Bonchev–Trinajstić information content (AvgIpc) is 2.84. The highest BCUT2D eigenvalue weighted by Crippen LogP contribution is 2.31. The molecule has 2 fully saturated rings. The third kappa shape index (κ3) is 2.42. The van der Waals surface area contributed by atoms with E-state index in [-0.39, 0.29) is 24.6 Å². The number of hydrogen-bond donors (Lipinski definition) is 0. The van der Waals surface area contributed by atoms with E-state index in [0.717, 1.165) is 12.0 Å². The topological polar surface area (TPSA) is 36.9 Å². The molecule has 0 unspecified atom stereocenters. The molecule has 0 aromatic heterocycles. The van der Waals surface area contributed by atoms with Gasteiger partial charge in [-0.1, -0.05) is 30.3 Å². The molecule has 3 rings (SSSR count). The van der Waals surface area contributed by atoms with Crippen LogP contribution >= 0.6 is 0 Å². The van der Waals surface area contributed by atoms with Crippen molar-refractivity contribution in [1.29, 1.82) is 0 Å². The van der Waals surface area contributed by atoms with Crippen molar-refractivity contribution in [2.75, 3.05) is 13.7 Å². The summed E-state index contributed by atoms with van der Waals surface area (Å²) in [5, 5.41) is 0. The third-order valence-electron chi connectivity index (χ3n) is 3.53. The maximum absolute atomic E-state index is 5.90. The van der Waals surface area contributed by atoms with Crippen molar-refractivity contribution < 1.29 is 18.9 Å². The lowest BCUT2D eigenvalue weighted by Crippen LogP contribution is -2.43. The third-order valence-corrected chi connectivity index (χ3v) is 3.53. The number of fused-ring (bicyclic) bond motifs is 2. The van der Waals surface area contributed by atoms with Crippen molar-refractivity contribution in [3.8, 4) is 0 Å². The molecule has 0 radical (unpaired) electrons. The van der Waals surface area contributed by atoms with Crippen LogP contribution in [-0.2, 0) is 25.6 Å². The van der Waals surface area contributed by atoms with Crippen LogP contribution < -0.4 is 0 Å². The fourth-order valence-electron chi connectivity index (χ4n) is 2.49. The Morgan fingerprint density at radius 2 is 2.06 bits per heavy atom. The molecule has 0 saturated carbocycles. The predicted octanol–water partition coefficient (Wildman–Crippen LogP) is 1.73. The van der Waals surface area contributed by atoms with E-state index in [0.29, 0.717) is 13.2 Å². The summed E-state index contributed by atoms with van der Waals surface area (Å²) in [6.07, 6.45) is 0.693. The molecule has 18 heavy (non-hydrogen) atoms. The minimum atomic E-state index is -0.231. The molecule has 98 valence electrons. The van der Waals surface area contributed by atoms with Crippen molar-refractivity contribution in [3.05, 3.63) is 35.9 Å². The maximum atomic E-state index is 5.90. The molecule has 2 bridgehead atoms. The van der Waals surface area contributed by atoms with Crippen molar-refractivity contribution >= 4 is 0 Å².